The molecular formula is C26H30N2O5S. The van der Waals surface area contributed by atoms with Crippen molar-refractivity contribution in [3.8, 4) is 11.1 Å². The van der Waals surface area contributed by atoms with Gasteiger partial charge in [-0.25, -0.2) is 4.79 Å². The molecular weight excluding hydrogens is 452 g/mol. The van der Waals surface area contributed by atoms with Crippen molar-refractivity contribution in [3.05, 3.63) is 59.7 Å². The number of hydrogen-bond donors (Lipinski definition) is 2. The van der Waals surface area contributed by atoms with E-state index in [1.807, 2.05) is 30.5 Å². The summed E-state index contributed by atoms with van der Waals surface area (Å²) in [6, 6.07) is 16.2. The molecule has 0 aromatic heterocycles. The van der Waals surface area contributed by atoms with E-state index < -0.39 is 12.1 Å². The molecule has 1 saturated carbocycles. The van der Waals surface area contributed by atoms with Gasteiger partial charge in [-0.1, -0.05) is 48.5 Å². The quantitative estimate of drug-likeness (QED) is 0.562. The van der Waals surface area contributed by atoms with Crippen LogP contribution in [0.1, 0.15) is 36.3 Å². The van der Waals surface area contributed by atoms with Gasteiger partial charge in [0.1, 0.15) is 13.2 Å². The molecule has 2 aliphatic rings. The highest BCUT2D eigenvalue weighted by molar-refractivity contribution is 7.98. The maximum absolute atomic E-state index is 12.9. The first-order valence-corrected chi connectivity index (χ1v) is 13.0. The Balaban J connectivity index is 1.31. The number of ether oxygens (including phenoxy) is 1. The molecule has 4 rings (SSSR count). The number of nitrogens with zero attached hydrogens (tertiary/aromatic N) is 1. The molecule has 2 atom stereocenters. The summed E-state index contributed by atoms with van der Waals surface area (Å²) in [5.74, 6) is -0.751. The van der Waals surface area contributed by atoms with Crippen molar-refractivity contribution >= 4 is 29.7 Å². The summed E-state index contributed by atoms with van der Waals surface area (Å²) in [5.41, 5.74) is 4.67. The molecule has 2 aromatic rings. The van der Waals surface area contributed by atoms with Crippen molar-refractivity contribution in [1.82, 2.24) is 10.2 Å². The average molecular weight is 483 g/mol. The van der Waals surface area contributed by atoms with E-state index in [0.717, 1.165) is 11.1 Å². The van der Waals surface area contributed by atoms with Crippen LogP contribution in [0.4, 0.5) is 4.79 Å². The van der Waals surface area contributed by atoms with Gasteiger partial charge in [-0.15, -0.1) is 0 Å². The van der Waals surface area contributed by atoms with E-state index in [-0.39, 0.29) is 36.9 Å². The third kappa shape index (κ3) is 5.38. The summed E-state index contributed by atoms with van der Waals surface area (Å²) in [5, 5.41) is 12.0. The predicted octanol–water partition coefficient (Wildman–Crippen LogP) is 3.97. The van der Waals surface area contributed by atoms with E-state index in [1.54, 1.807) is 11.8 Å². The first kappa shape index (κ1) is 24.1. The summed E-state index contributed by atoms with van der Waals surface area (Å²) >= 11 is 1.57. The molecule has 180 valence electrons. The third-order valence-electron chi connectivity index (χ3n) is 6.65. The van der Waals surface area contributed by atoms with Crippen LogP contribution in [0, 0.1) is 5.92 Å². The van der Waals surface area contributed by atoms with E-state index in [4.69, 9.17) is 9.84 Å². The minimum Gasteiger partial charge on any atom is -0.480 e. The van der Waals surface area contributed by atoms with Crippen molar-refractivity contribution in [2.45, 2.75) is 31.2 Å². The third-order valence-corrected chi connectivity index (χ3v) is 7.24. The van der Waals surface area contributed by atoms with Gasteiger partial charge in [-0.2, -0.15) is 11.8 Å². The Morgan fingerprint density at radius 2 is 1.71 bits per heavy atom. The number of aliphatic carboxylic acids is 1. The zero-order chi connectivity index (χ0) is 24.1. The number of fused-ring (bicyclic) bond motifs is 3. The first-order chi connectivity index (χ1) is 16.5. The summed E-state index contributed by atoms with van der Waals surface area (Å²) in [6.07, 6.45) is 3.24. The number of amides is 2. The highest BCUT2D eigenvalue weighted by Gasteiger charge is 2.34. The van der Waals surface area contributed by atoms with Crippen LogP contribution in [-0.4, -0.2) is 65.7 Å². The van der Waals surface area contributed by atoms with Crippen LogP contribution in [-0.2, 0) is 14.3 Å². The molecule has 0 aliphatic heterocycles. The summed E-state index contributed by atoms with van der Waals surface area (Å²) in [6.45, 7) is 0.365. The molecule has 0 radical (unpaired) electrons. The molecule has 0 bridgehead atoms. The van der Waals surface area contributed by atoms with E-state index in [2.05, 4.69) is 29.6 Å². The second-order valence-corrected chi connectivity index (χ2v) is 9.81. The molecule has 0 saturated heterocycles. The van der Waals surface area contributed by atoms with Crippen LogP contribution < -0.4 is 5.32 Å². The van der Waals surface area contributed by atoms with Crippen LogP contribution >= 0.6 is 11.8 Å². The Labute approximate surface area is 203 Å². The van der Waals surface area contributed by atoms with Gasteiger partial charge in [0, 0.05) is 30.2 Å². The number of rotatable bonds is 9. The average Bonchev–Trinajstić information content (AvgIpc) is 3.42. The predicted molar refractivity (Wildman–Crippen MR) is 132 cm³/mol. The zero-order valence-corrected chi connectivity index (χ0v) is 20.1. The minimum absolute atomic E-state index is 0.00272. The highest BCUT2D eigenvalue weighted by atomic mass is 32.2. The molecule has 2 N–H and O–H groups in total. The molecule has 2 aromatic carbocycles. The van der Waals surface area contributed by atoms with Crippen molar-refractivity contribution in [3.63, 3.8) is 0 Å². The van der Waals surface area contributed by atoms with Gasteiger partial charge in [0.25, 0.3) is 0 Å². The Morgan fingerprint density at radius 3 is 2.32 bits per heavy atom. The molecule has 1 fully saturated rings. The zero-order valence-electron chi connectivity index (χ0n) is 19.2. The number of carbonyl (C=O) groups excluding carboxylic acids is 2. The lowest BCUT2D eigenvalue weighted by Crippen LogP contribution is -2.41. The van der Waals surface area contributed by atoms with Crippen molar-refractivity contribution in [2.24, 2.45) is 5.92 Å². The summed E-state index contributed by atoms with van der Waals surface area (Å²) in [7, 11) is 0. The lowest BCUT2D eigenvalue weighted by molar-refractivity contribution is -0.146. The Morgan fingerprint density at radius 1 is 1.06 bits per heavy atom. The lowest BCUT2D eigenvalue weighted by atomic mass is 9.98. The number of carboxylic acids is 1. The van der Waals surface area contributed by atoms with Gasteiger partial charge in [0.2, 0.25) is 5.91 Å². The SMILES string of the molecule is CSCCN(CC(=O)O)C(=O)C1CCC(NC(=O)OCC2c3ccccc3-c3ccccc32)C1. The molecule has 0 spiro atoms. The second-order valence-electron chi connectivity index (χ2n) is 8.82. The fourth-order valence-corrected chi connectivity index (χ4v) is 5.44. The minimum atomic E-state index is -1.01. The monoisotopic (exact) mass is 482 g/mol. The smallest absolute Gasteiger partial charge is 0.407 e. The van der Waals surface area contributed by atoms with Gasteiger partial charge in [-0.05, 0) is 47.8 Å². The molecule has 2 aliphatic carbocycles. The van der Waals surface area contributed by atoms with Gasteiger partial charge in [0.15, 0.2) is 0 Å². The fourth-order valence-electron chi connectivity index (χ4n) is 5.03. The molecule has 2 amide bonds. The van der Waals surface area contributed by atoms with E-state index in [0.29, 0.717) is 31.6 Å². The summed E-state index contributed by atoms with van der Waals surface area (Å²) < 4.78 is 5.62. The Kier molecular flexibility index (Phi) is 7.77. The van der Waals surface area contributed by atoms with E-state index in [1.165, 1.54) is 16.0 Å². The van der Waals surface area contributed by atoms with Crippen LogP contribution in [0.2, 0.25) is 0 Å². The Bertz CT molecular complexity index is 1010. The van der Waals surface area contributed by atoms with Gasteiger partial charge < -0.3 is 20.1 Å². The van der Waals surface area contributed by atoms with Crippen LogP contribution in [0.5, 0.6) is 0 Å². The number of thioether (sulfide) groups is 1. The second kappa shape index (κ2) is 11.0. The Hall–Kier alpha value is -3.00. The number of carboxylic acid groups (broad SMARTS) is 1. The topological polar surface area (TPSA) is 95.9 Å². The summed E-state index contributed by atoms with van der Waals surface area (Å²) in [4.78, 5) is 38.0. The standard InChI is InChI=1S/C26H30N2O5S/c1-34-13-12-28(15-24(29)30)25(31)17-10-11-18(14-17)27-26(32)33-16-23-21-8-4-2-6-19(21)20-7-3-5-9-22(20)23/h2-9,17-18,23H,10-16H2,1H3,(H,27,32)(H,29,30). The lowest BCUT2D eigenvalue weighted by Gasteiger charge is -2.24. The molecule has 2 unspecified atom stereocenters. The highest BCUT2D eigenvalue weighted by Crippen LogP contribution is 2.44. The maximum Gasteiger partial charge on any atom is 0.407 e. The maximum atomic E-state index is 12.9. The van der Waals surface area contributed by atoms with Crippen molar-refractivity contribution in [1.29, 1.82) is 0 Å². The van der Waals surface area contributed by atoms with E-state index >= 15 is 0 Å². The number of nitrogens with one attached hydrogen (secondary N) is 1. The fraction of sp³-hybridized carbons (Fsp3) is 0.423. The largest absolute Gasteiger partial charge is 0.480 e. The number of carbonyl (C=O) groups is 3. The normalized spacial score (nSPS) is 18.7. The van der Waals surface area contributed by atoms with Crippen LogP contribution in [0.3, 0.4) is 0 Å². The molecule has 34 heavy (non-hydrogen) atoms. The number of benzene rings is 2. The van der Waals surface area contributed by atoms with Crippen LogP contribution in [0.25, 0.3) is 11.1 Å². The van der Waals surface area contributed by atoms with Crippen molar-refractivity contribution in [2.75, 3.05) is 31.7 Å². The number of alkyl carbamates (subject to hydrolysis) is 1. The molecule has 0 heterocycles. The van der Waals surface area contributed by atoms with Gasteiger partial charge in [-0.3, -0.25) is 9.59 Å². The molecule has 8 heteroatoms. The van der Waals surface area contributed by atoms with Crippen molar-refractivity contribution < 1.29 is 24.2 Å². The van der Waals surface area contributed by atoms with Gasteiger partial charge in [0.05, 0.1) is 0 Å². The molecule has 7 nitrogen and oxygen atoms in total. The van der Waals surface area contributed by atoms with Gasteiger partial charge >= 0.3 is 12.1 Å². The van der Waals surface area contributed by atoms with Crippen LogP contribution in [0.15, 0.2) is 48.5 Å². The number of hydrogen-bond acceptors (Lipinski definition) is 5. The van der Waals surface area contributed by atoms with E-state index in [9.17, 15) is 14.4 Å². The first-order valence-electron chi connectivity index (χ1n) is 11.6.